The Kier molecular flexibility index (Phi) is 5.78. The number of ether oxygens (including phenoxy) is 1. The molecule has 3 fully saturated rings. The fourth-order valence-electron chi connectivity index (χ4n) is 4.94. The topological polar surface area (TPSA) is 50.4 Å². The van der Waals surface area contributed by atoms with Crippen molar-refractivity contribution < 1.29 is 9.53 Å². The lowest BCUT2D eigenvalue weighted by Crippen LogP contribution is -2.39. The van der Waals surface area contributed by atoms with E-state index in [0.717, 1.165) is 24.2 Å². The van der Waals surface area contributed by atoms with E-state index in [1.807, 2.05) is 12.1 Å². The first kappa shape index (κ1) is 17.8. The molecular formula is C22H32N2O2. The summed E-state index contributed by atoms with van der Waals surface area (Å²) in [6.45, 7) is 0.611. The van der Waals surface area contributed by atoms with Crippen molar-refractivity contribution in [1.29, 1.82) is 0 Å². The van der Waals surface area contributed by atoms with Crippen molar-refractivity contribution in [3.8, 4) is 5.75 Å². The van der Waals surface area contributed by atoms with E-state index in [0.29, 0.717) is 37.1 Å². The van der Waals surface area contributed by atoms with E-state index in [-0.39, 0.29) is 5.91 Å². The van der Waals surface area contributed by atoms with Crippen LogP contribution in [0.3, 0.4) is 0 Å². The normalized spacial score (nSPS) is 28.7. The number of piperidine rings is 1. The molecule has 26 heavy (non-hydrogen) atoms. The predicted octanol–water partition coefficient (Wildman–Crippen LogP) is 3.94. The quantitative estimate of drug-likeness (QED) is 0.812. The zero-order chi connectivity index (χ0) is 17.8. The van der Waals surface area contributed by atoms with Gasteiger partial charge in [0.25, 0.3) is 0 Å². The smallest absolute Gasteiger partial charge is 0.220 e. The van der Waals surface area contributed by atoms with Gasteiger partial charge in [-0.2, -0.15) is 0 Å². The first-order chi connectivity index (χ1) is 12.7. The number of fused-ring (bicyclic) bond motifs is 2. The summed E-state index contributed by atoms with van der Waals surface area (Å²) in [4.78, 5) is 12.3. The van der Waals surface area contributed by atoms with Crippen LogP contribution in [-0.4, -0.2) is 24.1 Å². The molecule has 0 spiro atoms. The van der Waals surface area contributed by atoms with E-state index < -0.39 is 0 Å². The highest BCUT2D eigenvalue weighted by Crippen LogP contribution is 2.32. The molecule has 4 heteroatoms. The van der Waals surface area contributed by atoms with Crippen molar-refractivity contribution in [1.82, 2.24) is 10.6 Å². The number of rotatable bonds is 6. The monoisotopic (exact) mass is 356 g/mol. The van der Waals surface area contributed by atoms with E-state index in [1.54, 1.807) is 0 Å². The Balaban J connectivity index is 1.19. The summed E-state index contributed by atoms with van der Waals surface area (Å²) >= 11 is 0. The van der Waals surface area contributed by atoms with Gasteiger partial charge in [-0.25, -0.2) is 0 Å². The van der Waals surface area contributed by atoms with Gasteiger partial charge in [-0.3, -0.25) is 4.79 Å². The van der Waals surface area contributed by atoms with Crippen LogP contribution >= 0.6 is 0 Å². The van der Waals surface area contributed by atoms with Crippen molar-refractivity contribution in [2.45, 2.75) is 88.9 Å². The molecular weight excluding hydrogens is 324 g/mol. The number of carbonyl (C=O) groups is 1. The summed E-state index contributed by atoms with van der Waals surface area (Å²) in [5.41, 5.74) is 1.14. The van der Waals surface area contributed by atoms with Crippen LogP contribution in [0.4, 0.5) is 0 Å². The molecule has 4 rings (SSSR count). The minimum absolute atomic E-state index is 0.193. The molecule has 2 aliphatic heterocycles. The molecule has 2 unspecified atom stereocenters. The molecule has 142 valence electrons. The van der Waals surface area contributed by atoms with Crippen molar-refractivity contribution in [3.63, 3.8) is 0 Å². The van der Waals surface area contributed by atoms with E-state index in [9.17, 15) is 4.79 Å². The average Bonchev–Trinajstić information content (AvgIpc) is 3.00. The van der Waals surface area contributed by atoms with Gasteiger partial charge in [-0.15, -0.1) is 0 Å². The highest BCUT2D eigenvalue weighted by Gasteiger charge is 2.34. The van der Waals surface area contributed by atoms with Crippen LogP contribution in [-0.2, 0) is 11.3 Å². The first-order valence-corrected chi connectivity index (χ1v) is 10.5. The van der Waals surface area contributed by atoms with Crippen molar-refractivity contribution in [2.24, 2.45) is 5.92 Å². The SMILES string of the molecule is O=C(CC1CC2CCC(C1)N2)NCc1ccc(OC2CCCCC2)cc1. The third-order valence-electron chi connectivity index (χ3n) is 6.31. The zero-order valence-corrected chi connectivity index (χ0v) is 15.7. The van der Waals surface area contributed by atoms with Crippen LogP contribution in [0.25, 0.3) is 0 Å². The Morgan fingerprint density at radius 3 is 2.38 bits per heavy atom. The number of hydrogen-bond donors (Lipinski definition) is 2. The highest BCUT2D eigenvalue weighted by molar-refractivity contribution is 5.76. The van der Waals surface area contributed by atoms with Gasteiger partial charge < -0.3 is 15.4 Å². The Labute approximate surface area is 157 Å². The maximum absolute atomic E-state index is 12.3. The Morgan fingerprint density at radius 2 is 1.69 bits per heavy atom. The highest BCUT2D eigenvalue weighted by atomic mass is 16.5. The summed E-state index contributed by atoms with van der Waals surface area (Å²) in [6.07, 6.45) is 12.2. The standard InChI is InChI=1S/C22H32N2O2/c25-22(14-17-12-18-8-9-19(13-17)24-18)23-15-16-6-10-21(11-7-16)26-20-4-2-1-3-5-20/h6-7,10-11,17-20,24H,1-5,8-9,12-15H2,(H,23,25). The van der Waals surface area contributed by atoms with Gasteiger partial charge in [-0.1, -0.05) is 18.6 Å². The molecule has 2 heterocycles. The number of benzene rings is 1. The van der Waals surface area contributed by atoms with Crippen LogP contribution in [0, 0.1) is 5.92 Å². The molecule has 1 saturated carbocycles. The average molecular weight is 357 g/mol. The lowest BCUT2D eigenvalue weighted by Gasteiger charge is -2.28. The summed E-state index contributed by atoms with van der Waals surface area (Å²) < 4.78 is 6.07. The first-order valence-electron chi connectivity index (χ1n) is 10.5. The Bertz CT molecular complexity index is 583. The third kappa shape index (κ3) is 4.79. The van der Waals surface area contributed by atoms with E-state index >= 15 is 0 Å². The fourth-order valence-corrected chi connectivity index (χ4v) is 4.94. The van der Waals surface area contributed by atoms with E-state index in [2.05, 4.69) is 22.8 Å². The van der Waals surface area contributed by atoms with Gasteiger partial charge in [0.05, 0.1) is 6.10 Å². The van der Waals surface area contributed by atoms with Gasteiger partial charge in [0.2, 0.25) is 5.91 Å². The molecule has 2 bridgehead atoms. The van der Waals surface area contributed by atoms with Crippen molar-refractivity contribution >= 4 is 5.91 Å². The molecule has 0 aromatic heterocycles. The summed E-state index contributed by atoms with van der Waals surface area (Å²) in [7, 11) is 0. The summed E-state index contributed by atoms with van der Waals surface area (Å²) in [5.74, 6) is 1.70. The second kappa shape index (κ2) is 8.43. The fraction of sp³-hybridized carbons (Fsp3) is 0.682. The van der Waals surface area contributed by atoms with Gasteiger partial charge in [-0.05, 0) is 75.0 Å². The number of amides is 1. The second-order valence-corrected chi connectivity index (χ2v) is 8.48. The number of nitrogens with one attached hydrogen (secondary N) is 2. The molecule has 2 N–H and O–H groups in total. The summed E-state index contributed by atoms with van der Waals surface area (Å²) in [5, 5.41) is 6.74. The number of carbonyl (C=O) groups excluding carboxylic acids is 1. The molecule has 2 atom stereocenters. The molecule has 4 nitrogen and oxygen atoms in total. The maximum atomic E-state index is 12.3. The van der Waals surface area contributed by atoms with Crippen LogP contribution < -0.4 is 15.4 Å². The predicted molar refractivity (Wildman–Crippen MR) is 103 cm³/mol. The minimum atomic E-state index is 0.193. The lowest BCUT2D eigenvalue weighted by molar-refractivity contribution is -0.122. The Morgan fingerprint density at radius 1 is 1.00 bits per heavy atom. The molecule has 1 aromatic rings. The van der Waals surface area contributed by atoms with E-state index in [1.165, 1.54) is 44.9 Å². The van der Waals surface area contributed by atoms with Gasteiger partial charge >= 0.3 is 0 Å². The molecule has 0 radical (unpaired) electrons. The van der Waals surface area contributed by atoms with E-state index in [4.69, 9.17) is 4.74 Å². The van der Waals surface area contributed by atoms with Gasteiger partial charge in [0.1, 0.15) is 5.75 Å². The van der Waals surface area contributed by atoms with Crippen LogP contribution in [0.2, 0.25) is 0 Å². The van der Waals surface area contributed by atoms with Crippen LogP contribution in [0.15, 0.2) is 24.3 Å². The lowest BCUT2D eigenvalue weighted by atomic mass is 9.89. The molecule has 1 aromatic carbocycles. The maximum Gasteiger partial charge on any atom is 0.220 e. The molecule has 3 aliphatic rings. The molecule has 1 amide bonds. The van der Waals surface area contributed by atoms with Gasteiger partial charge in [0, 0.05) is 25.0 Å². The van der Waals surface area contributed by atoms with Gasteiger partial charge in [0.15, 0.2) is 0 Å². The molecule has 1 aliphatic carbocycles. The van der Waals surface area contributed by atoms with Crippen LogP contribution in [0.1, 0.15) is 69.8 Å². The third-order valence-corrected chi connectivity index (χ3v) is 6.31. The van der Waals surface area contributed by atoms with Crippen molar-refractivity contribution in [2.75, 3.05) is 0 Å². The van der Waals surface area contributed by atoms with Crippen molar-refractivity contribution in [3.05, 3.63) is 29.8 Å². The Hall–Kier alpha value is -1.55. The summed E-state index contributed by atoms with van der Waals surface area (Å²) in [6, 6.07) is 9.54. The number of hydrogen-bond acceptors (Lipinski definition) is 3. The second-order valence-electron chi connectivity index (χ2n) is 8.48. The minimum Gasteiger partial charge on any atom is -0.490 e. The van der Waals surface area contributed by atoms with Crippen LogP contribution in [0.5, 0.6) is 5.75 Å². The largest absolute Gasteiger partial charge is 0.490 e. The zero-order valence-electron chi connectivity index (χ0n) is 15.7. The molecule has 2 saturated heterocycles.